The van der Waals surface area contributed by atoms with Gasteiger partial charge in [-0.3, -0.25) is 0 Å². The number of aromatic nitrogens is 2. The third kappa shape index (κ3) is 3.48. The lowest BCUT2D eigenvalue weighted by atomic mass is 10.0. The normalized spacial score (nSPS) is 15.6. The van der Waals surface area contributed by atoms with Gasteiger partial charge in [-0.25, -0.2) is 0 Å². The Kier molecular flexibility index (Phi) is 4.56. The molecule has 0 saturated carbocycles. The van der Waals surface area contributed by atoms with Gasteiger partial charge in [-0.1, -0.05) is 25.6 Å². The lowest BCUT2D eigenvalue weighted by Gasteiger charge is -2.17. The summed E-state index contributed by atoms with van der Waals surface area (Å²) >= 11 is 1.34. The van der Waals surface area contributed by atoms with Crippen LogP contribution in [0.3, 0.4) is 0 Å². The van der Waals surface area contributed by atoms with Crippen molar-refractivity contribution in [1.29, 1.82) is 0 Å². The Bertz CT molecular complexity index is 303. The molecule has 0 amide bonds. The first-order valence-corrected chi connectivity index (χ1v) is 6.08. The molecule has 2 atom stereocenters. The second-order valence-electron chi connectivity index (χ2n) is 3.85. The summed E-state index contributed by atoms with van der Waals surface area (Å²) in [6, 6.07) is -0.361. The molecule has 86 valence electrons. The molecule has 0 bridgehead atoms. The third-order valence-electron chi connectivity index (χ3n) is 2.00. The minimum Gasteiger partial charge on any atom is -0.413 e. The fraction of sp³-hybridized carbons (Fsp3) is 0.778. The van der Waals surface area contributed by atoms with E-state index < -0.39 is 6.10 Å². The molecule has 0 aliphatic rings. The Labute approximate surface area is 93.4 Å². The highest BCUT2D eigenvalue weighted by Crippen LogP contribution is 2.21. The van der Waals surface area contributed by atoms with Gasteiger partial charge in [0.25, 0.3) is 5.22 Å². The first-order valence-electron chi connectivity index (χ1n) is 4.85. The third-order valence-corrected chi connectivity index (χ3v) is 2.51. The molecule has 15 heavy (non-hydrogen) atoms. The number of hydrogen-bond donors (Lipinski definition) is 2. The molecule has 0 fully saturated rings. The summed E-state index contributed by atoms with van der Waals surface area (Å²) in [5, 5.41) is 17.8. The molecule has 1 heterocycles. The maximum absolute atomic E-state index is 9.82. The smallest absolute Gasteiger partial charge is 0.276 e. The van der Waals surface area contributed by atoms with Gasteiger partial charge in [-0.15, -0.1) is 10.2 Å². The van der Waals surface area contributed by atoms with E-state index >= 15 is 0 Å². The number of hydrogen-bond acceptors (Lipinski definition) is 6. The van der Waals surface area contributed by atoms with Crippen molar-refractivity contribution in [1.82, 2.24) is 10.2 Å². The zero-order valence-electron chi connectivity index (χ0n) is 9.17. The van der Waals surface area contributed by atoms with Crippen LogP contribution in [0.2, 0.25) is 0 Å². The van der Waals surface area contributed by atoms with Gasteiger partial charge >= 0.3 is 0 Å². The van der Waals surface area contributed by atoms with Crippen molar-refractivity contribution in [2.24, 2.45) is 11.7 Å². The molecule has 1 rings (SSSR count). The molecule has 0 spiro atoms. The molecule has 1 aromatic rings. The first kappa shape index (κ1) is 12.5. The quantitative estimate of drug-likeness (QED) is 0.741. The van der Waals surface area contributed by atoms with Crippen LogP contribution in [-0.4, -0.2) is 27.6 Å². The Balaban J connectivity index is 2.62. The highest BCUT2D eigenvalue weighted by atomic mass is 32.2. The van der Waals surface area contributed by atoms with Crippen LogP contribution >= 0.6 is 11.8 Å². The Morgan fingerprint density at radius 1 is 1.47 bits per heavy atom. The van der Waals surface area contributed by atoms with Gasteiger partial charge in [0.05, 0.1) is 0 Å². The Morgan fingerprint density at radius 3 is 2.60 bits per heavy atom. The summed E-state index contributed by atoms with van der Waals surface area (Å²) in [7, 11) is 0. The SMILES string of the molecule is CSc1nnc([C@@H](O)[C@@H](N)CC(C)C)o1. The summed E-state index contributed by atoms with van der Waals surface area (Å²) in [4.78, 5) is 0. The van der Waals surface area contributed by atoms with Gasteiger partial charge < -0.3 is 15.3 Å². The lowest BCUT2D eigenvalue weighted by Crippen LogP contribution is -2.30. The highest BCUT2D eigenvalue weighted by Gasteiger charge is 2.23. The van der Waals surface area contributed by atoms with Gasteiger partial charge in [0.15, 0.2) is 0 Å². The number of rotatable bonds is 5. The van der Waals surface area contributed by atoms with E-state index in [1.54, 1.807) is 0 Å². The maximum atomic E-state index is 9.82. The van der Waals surface area contributed by atoms with Crippen LogP contribution in [0.4, 0.5) is 0 Å². The van der Waals surface area contributed by atoms with Crippen molar-refractivity contribution < 1.29 is 9.52 Å². The molecule has 1 aromatic heterocycles. The molecule has 0 aromatic carbocycles. The zero-order chi connectivity index (χ0) is 11.4. The van der Waals surface area contributed by atoms with E-state index in [0.717, 1.165) is 6.42 Å². The number of nitrogens with zero attached hydrogens (tertiary/aromatic N) is 2. The number of thioether (sulfide) groups is 1. The maximum Gasteiger partial charge on any atom is 0.276 e. The second kappa shape index (κ2) is 5.48. The van der Waals surface area contributed by atoms with Crippen LogP contribution < -0.4 is 5.73 Å². The largest absolute Gasteiger partial charge is 0.413 e. The van der Waals surface area contributed by atoms with E-state index in [1.165, 1.54) is 11.8 Å². The standard InChI is InChI=1S/C9H17N3O2S/c1-5(2)4-6(10)7(13)8-11-12-9(14-8)15-3/h5-7,13H,4,10H2,1-3H3/t6-,7-/m0/s1. The van der Waals surface area contributed by atoms with E-state index in [1.807, 2.05) is 20.1 Å². The minimum absolute atomic E-state index is 0.201. The van der Waals surface area contributed by atoms with E-state index in [4.69, 9.17) is 10.2 Å². The fourth-order valence-corrected chi connectivity index (χ4v) is 1.57. The van der Waals surface area contributed by atoms with Crippen LogP contribution in [0, 0.1) is 5.92 Å². The highest BCUT2D eigenvalue weighted by molar-refractivity contribution is 7.98. The van der Waals surface area contributed by atoms with Crippen LogP contribution in [0.25, 0.3) is 0 Å². The molecule has 3 N–H and O–H groups in total. The van der Waals surface area contributed by atoms with Gasteiger partial charge in [0, 0.05) is 6.04 Å². The van der Waals surface area contributed by atoms with Crippen molar-refractivity contribution in [3.8, 4) is 0 Å². The van der Waals surface area contributed by atoms with Gasteiger partial charge in [0.2, 0.25) is 5.89 Å². The predicted molar refractivity (Wildman–Crippen MR) is 58.5 cm³/mol. The van der Waals surface area contributed by atoms with Crippen molar-refractivity contribution in [2.45, 2.75) is 37.6 Å². The molecule has 6 heteroatoms. The van der Waals surface area contributed by atoms with Gasteiger partial charge in [0.1, 0.15) is 6.10 Å². The topological polar surface area (TPSA) is 85.2 Å². The van der Waals surface area contributed by atoms with E-state index in [-0.39, 0.29) is 11.9 Å². The zero-order valence-corrected chi connectivity index (χ0v) is 9.99. The second-order valence-corrected chi connectivity index (χ2v) is 4.61. The van der Waals surface area contributed by atoms with E-state index in [9.17, 15) is 5.11 Å². The summed E-state index contributed by atoms with van der Waals surface area (Å²) in [6.07, 6.45) is 1.68. The Morgan fingerprint density at radius 2 is 2.13 bits per heavy atom. The average Bonchev–Trinajstić information content (AvgIpc) is 2.63. The van der Waals surface area contributed by atoms with E-state index in [2.05, 4.69) is 10.2 Å². The number of aliphatic hydroxyl groups is 1. The number of aliphatic hydroxyl groups excluding tert-OH is 1. The predicted octanol–water partition coefficient (Wildman–Crippen LogP) is 1.20. The first-order chi connectivity index (χ1) is 7.04. The Hall–Kier alpha value is -0.590. The monoisotopic (exact) mass is 231 g/mol. The molecule has 0 radical (unpaired) electrons. The van der Waals surface area contributed by atoms with Crippen molar-refractivity contribution in [2.75, 3.05) is 6.26 Å². The molecule has 5 nitrogen and oxygen atoms in total. The van der Waals surface area contributed by atoms with Crippen LogP contribution in [0.5, 0.6) is 0 Å². The van der Waals surface area contributed by atoms with Crippen molar-refractivity contribution >= 4 is 11.8 Å². The van der Waals surface area contributed by atoms with Crippen LogP contribution in [0.15, 0.2) is 9.64 Å². The summed E-state index contributed by atoms with van der Waals surface area (Å²) < 4.78 is 5.21. The lowest BCUT2D eigenvalue weighted by molar-refractivity contribution is 0.102. The van der Waals surface area contributed by atoms with Gasteiger partial charge in [-0.2, -0.15) is 0 Å². The van der Waals surface area contributed by atoms with Crippen LogP contribution in [0.1, 0.15) is 32.3 Å². The van der Waals surface area contributed by atoms with Crippen molar-refractivity contribution in [3.63, 3.8) is 0 Å². The molecular weight excluding hydrogens is 214 g/mol. The fourth-order valence-electron chi connectivity index (χ4n) is 1.28. The summed E-state index contributed by atoms with van der Waals surface area (Å²) in [5.74, 6) is 0.630. The summed E-state index contributed by atoms with van der Waals surface area (Å²) in [6.45, 7) is 4.10. The molecule has 0 unspecified atom stereocenters. The van der Waals surface area contributed by atoms with Gasteiger partial charge in [-0.05, 0) is 18.6 Å². The van der Waals surface area contributed by atoms with Crippen LogP contribution in [-0.2, 0) is 0 Å². The average molecular weight is 231 g/mol. The number of nitrogens with two attached hydrogens (primary N) is 1. The molecule has 0 aliphatic carbocycles. The van der Waals surface area contributed by atoms with Crippen molar-refractivity contribution in [3.05, 3.63) is 5.89 Å². The summed E-state index contributed by atoms with van der Waals surface area (Å²) in [5.41, 5.74) is 5.82. The molecule has 0 aliphatic heterocycles. The minimum atomic E-state index is -0.874. The van der Waals surface area contributed by atoms with E-state index in [0.29, 0.717) is 11.1 Å². The molecule has 0 saturated heterocycles. The molecular formula is C9H17N3O2S.